The predicted molar refractivity (Wildman–Crippen MR) is 82.3 cm³/mol. The van der Waals surface area contributed by atoms with Crippen LogP contribution in [-0.4, -0.2) is 16.5 Å². The number of hydrogen-bond acceptors (Lipinski definition) is 5. The first kappa shape index (κ1) is 13.8. The Morgan fingerprint density at radius 1 is 1.19 bits per heavy atom. The van der Waals surface area contributed by atoms with E-state index in [0.717, 1.165) is 22.6 Å². The molecule has 3 rings (SSSR count). The summed E-state index contributed by atoms with van der Waals surface area (Å²) in [5.41, 5.74) is 0. The van der Waals surface area contributed by atoms with Crippen molar-refractivity contribution in [1.82, 2.24) is 9.97 Å². The fourth-order valence-electron chi connectivity index (χ4n) is 1.95. The van der Waals surface area contributed by atoms with Gasteiger partial charge in [0.05, 0.1) is 5.39 Å². The first-order chi connectivity index (χ1) is 10.3. The highest BCUT2D eigenvalue weighted by Crippen LogP contribution is 2.25. The minimum atomic E-state index is -0.284. The number of ether oxygens (including phenoxy) is 1. The zero-order valence-corrected chi connectivity index (χ0v) is 12.3. The van der Waals surface area contributed by atoms with Crippen LogP contribution in [-0.2, 0) is 6.61 Å². The zero-order chi connectivity index (χ0) is 14.7. The van der Waals surface area contributed by atoms with Crippen LogP contribution in [0.1, 0.15) is 12.7 Å². The van der Waals surface area contributed by atoms with Gasteiger partial charge in [0.2, 0.25) is 0 Å². The van der Waals surface area contributed by atoms with Crippen LogP contribution in [0.3, 0.4) is 0 Å². The molecule has 108 valence electrons. The minimum absolute atomic E-state index is 0.248. The van der Waals surface area contributed by atoms with E-state index >= 15 is 0 Å². The molecule has 1 aromatic carbocycles. The number of rotatable bonds is 5. The quantitative estimate of drug-likeness (QED) is 0.778. The molecule has 4 nitrogen and oxygen atoms in total. The van der Waals surface area contributed by atoms with Crippen molar-refractivity contribution in [1.29, 1.82) is 0 Å². The number of anilines is 1. The summed E-state index contributed by atoms with van der Waals surface area (Å²) in [7, 11) is 0. The van der Waals surface area contributed by atoms with Gasteiger partial charge in [-0.05, 0) is 42.6 Å². The van der Waals surface area contributed by atoms with Crippen molar-refractivity contribution in [2.75, 3.05) is 11.9 Å². The number of nitrogens with one attached hydrogen (secondary N) is 1. The second kappa shape index (κ2) is 6.05. The molecule has 3 aromatic rings. The van der Waals surface area contributed by atoms with E-state index in [2.05, 4.69) is 15.3 Å². The molecule has 2 heterocycles. The van der Waals surface area contributed by atoms with E-state index in [0.29, 0.717) is 11.6 Å². The normalized spacial score (nSPS) is 10.8. The Kier molecular flexibility index (Phi) is 3.96. The topological polar surface area (TPSA) is 47.0 Å². The highest BCUT2D eigenvalue weighted by molar-refractivity contribution is 7.16. The number of nitrogens with zero attached hydrogens (tertiary/aromatic N) is 2. The van der Waals surface area contributed by atoms with E-state index < -0.39 is 0 Å². The van der Waals surface area contributed by atoms with Gasteiger partial charge in [0.15, 0.2) is 5.82 Å². The van der Waals surface area contributed by atoms with Crippen LogP contribution in [0.5, 0.6) is 5.75 Å². The Labute approximate surface area is 125 Å². The summed E-state index contributed by atoms with van der Waals surface area (Å²) < 4.78 is 18.4. The average molecular weight is 303 g/mol. The van der Waals surface area contributed by atoms with Crippen molar-refractivity contribution < 1.29 is 9.13 Å². The molecular weight excluding hydrogens is 289 g/mol. The summed E-state index contributed by atoms with van der Waals surface area (Å²) in [5, 5.41) is 6.24. The SMILES string of the molecule is CCNc1nc(COc2ccc(F)cc2)nc2sccc12. The molecule has 21 heavy (non-hydrogen) atoms. The molecule has 0 amide bonds. The first-order valence-electron chi connectivity index (χ1n) is 6.62. The lowest BCUT2D eigenvalue weighted by Gasteiger charge is -2.08. The number of aromatic nitrogens is 2. The maximum absolute atomic E-state index is 12.8. The molecular formula is C15H14FN3OS. The largest absolute Gasteiger partial charge is 0.486 e. The highest BCUT2D eigenvalue weighted by Gasteiger charge is 2.09. The second-order valence-electron chi connectivity index (χ2n) is 4.40. The van der Waals surface area contributed by atoms with E-state index in [1.54, 1.807) is 23.5 Å². The third kappa shape index (κ3) is 3.11. The summed E-state index contributed by atoms with van der Waals surface area (Å²) in [6.45, 7) is 3.06. The molecule has 0 bridgehead atoms. The van der Waals surface area contributed by atoms with Crippen molar-refractivity contribution in [3.63, 3.8) is 0 Å². The summed E-state index contributed by atoms with van der Waals surface area (Å²) in [6, 6.07) is 7.91. The lowest BCUT2D eigenvalue weighted by atomic mass is 10.3. The van der Waals surface area contributed by atoms with Gasteiger partial charge >= 0.3 is 0 Å². The van der Waals surface area contributed by atoms with E-state index in [9.17, 15) is 4.39 Å². The Morgan fingerprint density at radius 3 is 2.76 bits per heavy atom. The van der Waals surface area contributed by atoms with Crippen LogP contribution in [0.4, 0.5) is 10.2 Å². The van der Waals surface area contributed by atoms with Gasteiger partial charge in [-0.25, -0.2) is 14.4 Å². The highest BCUT2D eigenvalue weighted by atomic mass is 32.1. The first-order valence-corrected chi connectivity index (χ1v) is 7.50. The maximum Gasteiger partial charge on any atom is 0.169 e. The fourth-order valence-corrected chi connectivity index (χ4v) is 2.73. The Balaban J connectivity index is 1.81. The van der Waals surface area contributed by atoms with Crippen LogP contribution in [0, 0.1) is 5.82 Å². The molecule has 0 saturated carbocycles. The van der Waals surface area contributed by atoms with Crippen molar-refractivity contribution in [3.05, 3.63) is 47.4 Å². The molecule has 0 aliphatic heterocycles. The molecule has 2 aromatic heterocycles. The van der Waals surface area contributed by atoms with Gasteiger partial charge in [-0.3, -0.25) is 0 Å². The van der Waals surface area contributed by atoms with Gasteiger partial charge in [-0.2, -0.15) is 0 Å². The zero-order valence-electron chi connectivity index (χ0n) is 11.5. The van der Waals surface area contributed by atoms with Crippen LogP contribution in [0.2, 0.25) is 0 Å². The smallest absolute Gasteiger partial charge is 0.169 e. The van der Waals surface area contributed by atoms with Crippen LogP contribution >= 0.6 is 11.3 Å². The standard InChI is InChI=1S/C15H14FN3OS/c1-2-17-14-12-7-8-21-15(12)19-13(18-14)9-20-11-5-3-10(16)4-6-11/h3-8H,2,9H2,1H3,(H,17,18,19). The summed E-state index contributed by atoms with van der Waals surface area (Å²) in [4.78, 5) is 9.89. The van der Waals surface area contributed by atoms with Gasteiger partial charge < -0.3 is 10.1 Å². The summed E-state index contributed by atoms with van der Waals surface area (Å²) in [5.74, 6) is 1.73. The monoisotopic (exact) mass is 303 g/mol. The van der Waals surface area contributed by atoms with E-state index in [1.165, 1.54) is 12.1 Å². The lowest BCUT2D eigenvalue weighted by molar-refractivity contribution is 0.296. The van der Waals surface area contributed by atoms with Crippen molar-refractivity contribution in [2.45, 2.75) is 13.5 Å². The Morgan fingerprint density at radius 2 is 2.00 bits per heavy atom. The van der Waals surface area contributed by atoms with Crippen molar-refractivity contribution >= 4 is 27.4 Å². The van der Waals surface area contributed by atoms with E-state index in [4.69, 9.17) is 4.74 Å². The summed E-state index contributed by atoms with van der Waals surface area (Å²) >= 11 is 1.57. The number of benzene rings is 1. The van der Waals surface area contributed by atoms with Crippen LogP contribution < -0.4 is 10.1 Å². The fraction of sp³-hybridized carbons (Fsp3) is 0.200. The molecule has 0 atom stereocenters. The van der Waals surface area contributed by atoms with Gasteiger partial charge in [-0.1, -0.05) is 0 Å². The molecule has 1 N–H and O–H groups in total. The second-order valence-corrected chi connectivity index (χ2v) is 5.30. The lowest BCUT2D eigenvalue weighted by Crippen LogP contribution is -2.06. The van der Waals surface area contributed by atoms with Crippen LogP contribution in [0.25, 0.3) is 10.2 Å². The van der Waals surface area contributed by atoms with Crippen LogP contribution in [0.15, 0.2) is 35.7 Å². The Hall–Kier alpha value is -2.21. The molecule has 0 saturated heterocycles. The van der Waals surface area contributed by atoms with Gasteiger partial charge in [0, 0.05) is 6.54 Å². The third-order valence-electron chi connectivity index (χ3n) is 2.90. The van der Waals surface area contributed by atoms with E-state index in [1.807, 2.05) is 18.4 Å². The third-order valence-corrected chi connectivity index (χ3v) is 3.70. The number of thiophene rings is 1. The molecule has 6 heteroatoms. The molecule has 0 aliphatic rings. The molecule has 0 unspecified atom stereocenters. The van der Waals surface area contributed by atoms with Crippen molar-refractivity contribution in [2.24, 2.45) is 0 Å². The van der Waals surface area contributed by atoms with Gasteiger partial charge in [0.25, 0.3) is 0 Å². The molecule has 0 fully saturated rings. The van der Waals surface area contributed by atoms with E-state index in [-0.39, 0.29) is 12.4 Å². The number of hydrogen-bond donors (Lipinski definition) is 1. The van der Waals surface area contributed by atoms with Gasteiger partial charge in [-0.15, -0.1) is 11.3 Å². The maximum atomic E-state index is 12.8. The summed E-state index contributed by atoms with van der Waals surface area (Å²) in [6.07, 6.45) is 0. The van der Waals surface area contributed by atoms with Gasteiger partial charge in [0.1, 0.15) is 28.8 Å². The molecule has 0 radical (unpaired) electrons. The molecule has 0 spiro atoms. The van der Waals surface area contributed by atoms with Crippen molar-refractivity contribution in [3.8, 4) is 5.75 Å². The Bertz CT molecular complexity index is 742. The average Bonchev–Trinajstić information content (AvgIpc) is 2.96. The number of halogens is 1. The molecule has 0 aliphatic carbocycles. The predicted octanol–water partition coefficient (Wildman–Crippen LogP) is 3.84. The number of fused-ring (bicyclic) bond motifs is 1. The minimum Gasteiger partial charge on any atom is -0.486 e.